The minimum atomic E-state index is -5.16. The minimum absolute atomic E-state index is 0. The van der Waals surface area contributed by atoms with Crippen LogP contribution in [0.15, 0.2) is 113 Å². The van der Waals surface area contributed by atoms with Crippen molar-refractivity contribution >= 4 is 87.5 Å². The predicted molar refractivity (Wildman–Crippen MR) is 164 cm³/mol. The molecule has 4 aromatic rings. The van der Waals surface area contributed by atoms with Crippen molar-refractivity contribution in [3.63, 3.8) is 0 Å². The van der Waals surface area contributed by atoms with E-state index in [9.17, 15) is 51.9 Å². The summed E-state index contributed by atoms with van der Waals surface area (Å²) in [6.45, 7) is 0. The summed E-state index contributed by atoms with van der Waals surface area (Å²) < 4.78 is 145. The van der Waals surface area contributed by atoms with Crippen LogP contribution < -0.4 is 118 Å². The van der Waals surface area contributed by atoms with Crippen LogP contribution in [0.3, 0.4) is 0 Å². The molecule has 10 aliphatic rings. The Morgan fingerprint density at radius 2 is 0.500 bits per heavy atom. The second-order valence-electron chi connectivity index (χ2n) is 9.77. The summed E-state index contributed by atoms with van der Waals surface area (Å²) >= 11 is 0. The third-order valence-electron chi connectivity index (χ3n) is 6.51. The van der Waals surface area contributed by atoms with E-state index >= 15 is 0 Å². The van der Waals surface area contributed by atoms with E-state index in [1.165, 1.54) is 24.3 Å². The second kappa shape index (κ2) is 19.4. The van der Waals surface area contributed by atoms with E-state index in [4.69, 9.17) is 0 Å². The zero-order valence-corrected chi connectivity index (χ0v) is 38.8. The molecule has 10 aliphatic heterocycles. The van der Waals surface area contributed by atoms with Crippen LogP contribution in [0.1, 0.15) is 22.3 Å². The third-order valence-corrected chi connectivity index (χ3v) is 10.1. The van der Waals surface area contributed by atoms with Crippen molar-refractivity contribution in [3.8, 4) is 0 Å². The Labute approximate surface area is 387 Å². The number of benzene rings is 4. The molecule has 0 amide bonds. The number of hydrogen-bond donors (Lipinski definition) is 0. The van der Waals surface area contributed by atoms with Crippen molar-refractivity contribution in [2.24, 2.45) is 20.5 Å². The topological polar surface area (TPSA) is 278 Å². The third kappa shape index (κ3) is 12.6. The van der Waals surface area contributed by atoms with Crippen LogP contribution in [-0.2, 0) is 40.5 Å². The molecule has 0 aromatic heterocycles. The summed E-state index contributed by atoms with van der Waals surface area (Å²) in [5.41, 5.74) is -1.67. The molecule has 0 atom stereocenters. The second-order valence-corrected chi connectivity index (χ2v) is 15.2. The molecule has 8 bridgehead atoms. The summed E-state index contributed by atoms with van der Waals surface area (Å²) in [4.78, 5) is -3.18. The molecule has 0 N–H and O–H groups in total. The van der Waals surface area contributed by atoms with E-state index in [1.807, 2.05) is 0 Å². The van der Waals surface area contributed by atoms with Crippen molar-refractivity contribution < 1.29 is 170 Å². The van der Waals surface area contributed by atoms with Crippen molar-refractivity contribution in [2.45, 2.75) is 19.6 Å². The number of azo groups is 2. The Hall–Kier alpha value is -0.800. The van der Waals surface area contributed by atoms with Gasteiger partial charge in [-0.15, -0.1) is 0 Å². The first-order valence-electron chi connectivity index (χ1n) is 12.9. The van der Waals surface area contributed by atoms with Gasteiger partial charge in [0.25, 0.3) is 0 Å². The van der Waals surface area contributed by atoms with Gasteiger partial charge in [0.2, 0.25) is 0 Å². The number of nitrogens with zero attached hydrogens (tertiary/aromatic N) is 4. The summed E-state index contributed by atoms with van der Waals surface area (Å²) in [5, 5.41) is 15.2. The zero-order chi connectivity index (χ0) is 35.1. The molecule has 52 heavy (non-hydrogen) atoms. The van der Waals surface area contributed by atoms with Crippen LogP contribution >= 0.6 is 0 Å². The quantitative estimate of drug-likeness (QED) is 0.121. The molecule has 0 spiro atoms. The van der Waals surface area contributed by atoms with Gasteiger partial charge in [-0.25, -0.2) is 33.7 Å². The van der Waals surface area contributed by atoms with Gasteiger partial charge in [-0.05, 0) is 70.8 Å². The van der Waals surface area contributed by atoms with Crippen LogP contribution in [0.5, 0.6) is 0 Å². The van der Waals surface area contributed by atoms with Crippen molar-refractivity contribution in [1.82, 2.24) is 0 Å². The Balaban J connectivity index is 0.00000338. The van der Waals surface area contributed by atoms with Gasteiger partial charge >= 0.3 is 118 Å². The minimum Gasteiger partial charge on any atom is -0.744 e. The van der Waals surface area contributed by atoms with Crippen molar-refractivity contribution in [3.05, 3.63) is 95.1 Å². The van der Waals surface area contributed by atoms with Crippen LogP contribution in [0, 0.1) is 0 Å². The van der Waals surface area contributed by atoms with E-state index < -0.39 is 60.1 Å². The SMILES string of the molecule is O=S(=O)([O-])c1cc2ccc1/C=C\c1ccc(cc1S(=O)(=O)[O-])N=Nc1ccc(c(S(=O)(=O)[O-])c1)/C=C\c1ccc(cc1S(=O)(=O)[O-])N=N2.[Na+].[Na+].[Na+].[Na+]. The van der Waals surface area contributed by atoms with Gasteiger partial charge in [0, 0.05) is 0 Å². The molecule has 0 saturated heterocycles. The molecule has 0 aliphatic carbocycles. The molecule has 0 radical (unpaired) electrons. The van der Waals surface area contributed by atoms with Crippen LogP contribution in [0.2, 0.25) is 0 Å². The Morgan fingerprint density at radius 1 is 0.327 bits per heavy atom. The largest absolute Gasteiger partial charge is 1.00 e. The van der Waals surface area contributed by atoms with Gasteiger partial charge in [-0.3, -0.25) is 0 Å². The standard InChI is InChI=1S/C28H20N4O12S4.4Na/c33-45(34,35)25-13-21-9-5-17(25)1-2-18-6-10-22(14-26(18)46(36,37)38)30-32-24-12-8-20(28(16-24)48(42,43)44)4-3-19-7-11-23(31-29-21)15-27(19)47(39,40)41;;;;/h1-16H,(H,33,34,35)(H,36,37,38)(H,39,40,41)(H,42,43,44);;;;/q;4*+1/p-4/b2-1-,4-3-,17-1?,18-2?,19-3?,20-4?,29-21?,30-22?,31-23?,31-29?,32-24?,32-30?;;;;. The molecule has 10 heterocycles. The molecule has 248 valence electrons. The maximum atomic E-state index is 12.1. The molecule has 16 nitrogen and oxygen atoms in total. The average Bonchev–Trinajstić information content (AvgIpc) is 2.99. The molecular formula is C28H16N4Na4O12S4. The van der Waals surface area contributed by atoms with Gasteiger partial charge in [-0.1, -0.05) is 48.6 Å². The van der Waals surface area contributed by atoms with Gasteiger partial charge < -0.3 is 18.2 Å². The van der Waals surface area contributed by atoms with Crippen molar-refractivity contribution in [2.75, 3.05) is 0 Å². The molecule has 0 unspecified atom stereocenters. The fraction of sp³-hybridized carbons (Fsp3) is 0. The number of rotatable bonds is 4. The fourth-order valence-electron chi connectivity index (χ4n) is 4.35. The first-order valence-corrected chi connectivity index (χ1v) is 18.5. The number of hydrogen-bond acceptors (Lipinski definition) is 16. The average molecular weight is 821 g/mol. The molecule has 14 rings (SSSR count). The smallest absolute Gasteiger partial charge is 0.744 e. The Morgan fingerprint density at radius 3 is 0.654 bits per heavy atom. The summed E-state index contributed by atoms with van der Waals surface area (Å²) in [6.07, 6.45) is 4.22. The van der Waals surface area contributed by atoms with E-state index in [-0.39, 0.29) is 163 Å². The summed E-state index contributed by atoms with van der Waals surface area (Å²) in [5.74, 6) is 0. The molecule has 0 saturated carbocycles. The Bertz CT molecular complexity index is 2230. The van der Waals surface area contributed by atoms with Gasteiger partial charge in [0.1, 0.15) is 40.5 Å². The van der Waals surface area contributed by atoms with Crippen LogP contribution in [0.4, 0.5) is 22.7 Å². The first-order chi connectivity index (χ1) is 22.3. The van der Waals surface area contributed by atoms with E-state index in [2.05, 4.69) is 20.5 Å². The zero-order valence-electron chi connectivity index (χ0n) is 27.6. The normalized spacial score (nSPS) is 13.9. The van der Waals surface area contributed by atoms with E-state index in [1.54, 1.807) is 0 Å². The summed E-state index contributed by atoms with van der Waals surface area (Å²) in [6, 6.07) is 12.8. The maximum Gasteiger partial charge on any atom is 1.00 e. The van der Waals surface area contributed by atoms with Crippen LogP contribution in [0.25, 0.3) is 24.3 Å². The molecule has 24 heteroatoms. The van der Waals surface area contributed by atoms with Crippen LogP contribution in [-0.4, -0.2) is 51.9 Å². The van der Waals surface area contributed by atoms with Gasteiger partial charge in [-0.2, -0.15) is 20.5 Å². The monoisotopic (exact) mass is 820 g/mol. The summed E-state index contributed by atoms with van der Waals surface area (Å²) in [7, 11) is -20.6. The van der Waals surface area contributed by atoms with E-state index in [0.29, 0.717) is 0 Å². The molecule has 0 fully saturated rings. The van der Waals surface area contributed by atoms with Gasteiger partial charge in [0.05, 0.1) is 42.3 Å². The fourth-order valence-corrected chi connectivity index (χ4v) is 7.11. The molecule has 4 aromatic carbocycles. The Kier molecular flexibility index (Phi) is 18.3. The molecular weight excluding hydrogens is 805 g/mol. The predicted octanol–water partition coefficient (Wildman–Crippen LogP) is -7.20. The van der Waals surface area contributed by atoms with Crippen molar-refractivity contribution in [1.29, 1.82) is 0 Å². The van der Waals surface area contributed by atoms with Gasteiger partial charge in [0.15, 0.2) is 0 Å². The maximum absolute atomic E-state index is 12.1. The first kappa shape index (κ1) is 49.2. The van der Waals surface area contributed by atoms with E-state index in [0.717, 1.165) is 72.8 Å².